The normalized spacial score (nSPS) is 42.0. The van der Waals surface area contributed by atoms with Crippen LogP contribution in [0.15, 0.2) is 5.38 Å². The van der Waals surface area contributed by atoms with Gasteiger partial charge in [0.2, 0.25) is 0 Å². The molecule has 0 aliphatic heterocycles. The molecule has 3 aliphatic carbocycles. The Labute approximate surface area is 112 Å². The smallest absolute Gasteiger partial charge is 0.0897 e. The van der Waals surface area contributed by atoms with E-state index >= 15 is 0 Å². The predicted octanol–water partition coefficient (Wildman–Crippen LogP) is 2.12. The van der Waals surface area contributed by atoms with Gasteiger partial charge in [0.15, 0.2) is 0 Å². The van der Waals surface area contributed by atoms with Crippen LogP contribution in [0.5, 0.6) is 0 Å². The molecule has 3 nitrogen and oxygen atoms in total. The maximum atomic E-state index is 5.81. The van der Waals surface area contributed by atoms with E-state index < -0.39 is 0 Å². The highest BCUT2D eigenvalue weighted by Crippen LogP contribution is 2.70. The van der Waals surface area contributed by atoms with Crippen LogP contribution in [0.25, 0.3) is 0 Å². The number of rotatable bonds is 4. The minimum absolute atomic E-state index is 0.449. The minimum Gasteiger partial charge on any atom is -0.271 e. The number of aromatic nitrogens is 1. The molecule has 0 aromatic carbocycles. The second kappa shape index (κ2) is 4.02. The number of nitrogens with zero attached hydrogens (tertiary/aromatic N) is 1. The summed E-state index contributed by atoms with van der Waals surface area (Å²) in [6.45, 7) is 2.07. The lowest BCUT2D eigenvalue weighted by Gasteiger charge is -2.18. The summed E-state index contributed by atoms with van der Waals surface area (Å²) in [5.41, 5.74) is 4.30. The first kappa shape index (κ1) is 11.4. The van der Waals surface area contributed by atoms with E-state index in [4.69, 9.17) is 5.84 Å². The Balaban J connectivity index is 1.47. The molecule has 4 rings (SSSR count). The van der Waals surface area contributed by atoms with Crippen LogP contribution in [0, 0.1) is 36.5 Å². The Morgan fingerprint density at radius 1 is 1.44 bits per heavy atom. The molecule has 0 spiro atoms. The summed E-state index contributed by atoms with van der Waals surface area (Å²) >= 11 is 1.74. The van der Waals surface area contributed by atoms with E-state index in [1.165, 1.54) is 25.0 Å². The Hall–Kier alpha value is -0.450. The molecule has 3 saturated carbocycles. The summed E-state index contributed by atoms with van der Waals surface area (Å²) in [5.74, 6) is 10.7. The van der Waals surface area contributed by atoms with E-state index in [0.717, 1.165) is 41.0 Å². The Morgan fingerprint density at radius 2 is 2.17 bits per heavy atom. The molecule has 18 heavy (non-hydrogen) atoms. The van der Waals surface area contributed by atoms with Crippen LogP contribution in [-0.2, 0) is 6.42 Å². The number of fused-ring (bicyclic) bond motifs is 5. The molecule has 1 aromatic heterocycles. The molecule has 3 N–H and O–H groups in total. The van der Waals surface area contributed by atoms with Crippen LogP contribution < -0.4 is 11.3 Å². The second-order valence-corrected chi connectivity index (χ2v) is 7.46. The van der Waals surface area contributed by atoms with Gasteiger partial charge in [-0.3, -0.25) is 11.3 Å². The molecule has 5 unspecified atom stereocenters. The lowest BCUT2D eigenvalue weighted by molar-refractivity contribution is 0.363. The van der Waals surface area contributed by atoms with Gasteiger partial charge in [-0.25, -0.2) is 4.98 Å². The first-order valence-corrected chi connectivity index (χ1v) is 8.03. The summed E-state index contributed by atoms with van der Waals surface area (Å²) in [5, 5.41) is 3.35. The first-order valence-electron chi connectivity index (χ1n) is 7.15. The van der Waals surface area contributed by atoms with E-state index in [1.807, 2.05) is 0 Å². The molecule has 1 heterocycles. The fourth-order valence-electron chi connectivity index (χ4n) is 4.96. The zero-order valence-corrected chi connectivity index (χ0v) is 11.6. The van der Waals surface area contributed by atoms with Crippen molar-refractivity contribution in [3.05, 3.63) is 16.1 Å². The van der Waals surface area contributed by atoms with E-state index in [-0.39, 0.29) is 0 Å². The van der Waals surface area contributed by atoms with Gasteiger partial charge in [-0.05, 0) is 55.8 Å². The third-order valence-electron chi connectivity index (χ3n) is 5.57. The third-order valence-corrected chi connectivity index (χ3v) is 6.39. The summed E-state index contributed by atoms with van der Waals surface area (Å²) < 4.78 is 0. The average molecular weight is 263 g/mol. The van der Waals surface area contributed by atoms with Crippen LogP contribution in [-0.4, -0.2) is 11.0 Å². The number of hydrazine groups is 1. The van der Waals surface area contributed by atoms with Gasteiger partial charge in [0.1, 0.15) is 0 Å². The van der Waals surface area contributed by atoms with Crippen molar-refractivity contribution in [3.8, 4) is 0 Å². The Morgan fingerprint density at radius 3 is 2.72 bits per heavy atom. The topological polar surface area (TPSA) is 50.9 Å². The summed E-state index contributed by atoms with van der Waals surface area (Å²) in [6, 6.07) is 0.449. The fourth-order valence-corrected chi connectivity index (χ4v) is 5.59. The molecule has 4 heteroatoms. The van der Waals surface area contributed by atoms with Gasteiger partial charge in [0.05, 0.1) is 10.7 Å². The van der Waals surface area contributed by atoms with Crippen molar-refractivity contribution in [1.29, 1.82) is 0 Å². The summed E-state index contributed by atoms with van der Waals surface area (Å²) in [4.78, 5) is 4.58. The van der Waals surface area contributed by atoms with Gasteiger partial charge in [0.25, 0.3) is 0 Å². The lowest BCUT2D eigenvalue weighted by Crippen LogP contribution is -2.40. The zero-order chi connectivity index (χ0) is 12.3. The maximum absolute atomic E-state index is 5.81. The van der Waals surface area contributed by atoms with E-state index in [2.05, 4.69) is 22.7 Å². The Bertz CT molecular complexity index is 442. The van der Waals surface area contributed by atoms with Gasteiger partial charge in [-0.2, -0.15) is 0 Å². The number of thiazole rings is 1. The fraction of sp³-hybridized carbons (Fsp3) is 0.786. The number of nitrogens with one attached hydrogen (secondary N) is 1. The monoisotopic (exact) mass is 263 g/mol. The van der Waals surface area contributed by atoms with Crippen LogP contribution in [0.3, 0.4) is 0 Å². The molecule has 3 fully saturated rings. The van der Waals surface area contributed by atoms with Crippen molar-refractivity contribution in [3.63, 3.8) is 0 Å². The molecule has 98 valence electrons. The highest BCUT2D eigenvalue weighted by molar-refractivity contribution is 7.09. The molecular weight excluding hydrogens is 242 g/mol. The van der Waals surface area contributed by atoms with Crippen LogP contribution in [0.2, 0.25) is 0 Å². The molecule has 0 radical (unpaired) electrons. The molecule has 3 aliphatic rings. The number of hydrogen-bond donors (Lipinski definition) is 2. The quantitative estimate of drug-likeness (QED) is 0.646. The molecule has 0 amide bonds. The first-order chi connectivity index (χ1) is 8.78. The molecule has 0 saturated heterocycles. The van der Waals surface area contributed by atoms with Gasteiger partial charge in [0, 0.05) is 17.8 Å². The maximum Gasteiger partial charge on any atom is 0.0897 e. The highest BCUT2D eigenvalue weighted by atomic mass is 32.1. The number of nitrogens with two attached hydrogens (primary N) is 1. The van der Waals surface area contributed by atoms with Crippen molar-refractivity contribution in [2.45, 2.75) is 38.6 Å². The van der Waals surface area contributed by atoms with Crippen LogP contribution in [0.4, 0.5) is 0 Å². The highest BCUT2D eigenvalue weighted by Gasteiger charge is 2.66. The molecule has 2 bridgehead atoms. The van der Waals surface area contributed by atoms with Crippen molar-refractivity contribution in [1.82, 2.24) is 10.4 Å². The summed E-state index contributed by atoms with van der Waals surface area (Å²) in [7, 11) is 0. The largest absolute Gasteiger partial charge is 0.271 e. The number of hydrogen-bond acceptors (Lipinski definition) is 4. The van der Waals surface area contributed by atoms with E-state index in [1.54, 1.807) is 11.3 Å². The van der Waals surface area contributed by atoms with Gasteiger partial charge in [-0.15, -0.1) is 11.3 Å². The average Bonchev–Trinajstić information content (AvgIpc) is 2.71. The minimum atomic E-state index is 0.449. The SMILES string of the molecule is Cc1nc(CC(NN)C2C3C4CCC(C4)C32)cs1. The van der Waals surface area contributed by atoms with Gasteiger partial charge in [-0.1, -0.05) is 0 Å². The van der Waals surface area contributed by atoms with Gasteiger partial charge >= 0.3 is 0 Å². The molecule has 5 atom stereocenters. The molecule has 1 aromatic rings. The van der Waals surface area contributed by atoms with E-state index in [9.17, 15) is 0 Å². The van der Waals surface area contributed by atoms with Crippen molar-refractivity contribution >= 4 is 11.3 Å². The Kier molecular flexibility index (Phi) is 2.54. The number of aryl methyl sites for hydroxylation is 1. The van der Waals surface area contributed by atoms with Crippen LogP contribution in [0.1, 0.15) is 30.0 Å². The van der Waals surface area contributed by atoms with Crippen LogP contribution >= 0.6 is 11.3 Å². The van der Waals surface area contributed by atoms with Crippen molar-refractivity contribution in [2.75, 3.05) is 0 Å². The zero-order valence-electron chi connectivity index (χ0n) is 10.8. The van der Waals surface area contributed by atoms with Gasteiger partial charge < -0.3 is 0 Å². The van der Waals surface area contributed by atoms with Crippen molar-refractivity contribution < 1.29 is 0 Å². The standard InChI is InChI=1S/C14H21N3S/c1-7-16-10(6-18-7)5-11(17-15)14-12-8-2-3-9(4-8)13(12)14/h6,8-9,11-14,17H,2-5,15H2,1H3. The second-order valence-electron chi connectivity index (χ2n) is 6.40. The lowest BCUT2D eigenvalue weighted by atomic mass is 9.95. The van der Waals surface area contributed by atoms with E-state index in [0.29, 0.717) is 6.04 Å². The predicted molar refractivity (Wildman–Crippen MR) is 73.0 cm³/mol. The molecular formula is C14H21N3S. The van der Waals surface area contributed by atoms with Crippen molar-refractivity contribution in [2.24, 2.45) is 35.4 Å². The summed E-state index contributed by atoms with van der Waals surface area (Å²) in [6.07, 6.45) is 5.49. The third kappa shape index (κ3) is 1.59.